The summed E-state index contributed by atoms with van der Waals surface area (Å²) in [6.45, 7) is 5.02. The normalized spacial score (nSPS) is 15.8. The molecule has 1 aliphatic rings. The summed E-state index contributed by atoms with van der Waals surface area (Å²) in [6, 6.07) is 23.5. The molecular weight excluding hydrogens is 386 g/mol. The molecule has 0 unspecified atom stereocenters. The maximum atomic E-state index is 4.65. The van der Waals surface area contributed by atoms with Gasteiger partial charge in [-0.2, -0.15) is 5.10 Å². The Morgan fingerprint density at radius 3 is 2.50 bits per heavy atom. The van der Waals surface area contributed by atoms with Crippen molar-refractivity contribution in [2.75, 3.05) is 26.2 Å². The van der Waals surface area contributed by atoms with Crippen LogP contribution in [0.4, 0.5) is 0 Å². The van der Waals surface area contributed by atoms with Crippen LogP contribution < -0.4 is 0 Å². The number of piperazine rings is 1. The zero-order valence-corrected chi connectivity index (χ0v) is 16.3. The van der Waals surface area contributed by atoms with Gasteiger partial charge in [0.15, 0.2) is 0 Å². The molecule has 26 heavy (non-hydrogen) atoms. The van der Waals surface area contributed by atoms with E-state index in [0.717, 1.165) is 42.8 Å². The molecule has 0 radical (unpaired) electrons. The molecule has 0 spiro atoms. The third kappa shape index (κ3) is 4.14. The summed E-state index contributed by atoms with van der Waals surface area (Å²) >= 11 is 3.50. The number of halogens is 1. The predicted molar refractivity (Wildman–Crippen MR) is 113 cm³/mol. The van der Waals surface area contributed by atoms with Crippen LogP contribution in [-0.4, -0.2) is 42.3 Å². The predicted octanol–water partition coefficient (Wildman–Crippen LogP) is 4.75. The summed E-state index contributed by atoms with van der Waals surface area (Å²) in [5.74, 6) is 0. The van der Waals surface area contributed by atoms with Gasteiger partial charge in [-0.3, -0.25) is 9.91 Å². The number of benzene rings is 3. The maximum absolute atomic E-state index is 4.65. The lowest BCUT2D eigenvalue weighted by atomic mass is 10.0. The van der Waals surface area contributed by atoms with E-state index in [1.807, 2.05) is 18.3 Å². The minimum Gasteiger partial charge on any atom is -0.295 e. The van der Waals surface area contributed by atoms with Gasteiger partial charge in [-0.15, -0.1) is 0 Å². The van der Waals surface area contributed by atoms with Gasteiger partial charge < -0.3 is 0 Å². The van der Waals surface area contributed by atoms with Gasteiger partial charge in [0.05, 0.1) is 6.21 Å². The summed E-state index contributed by atoms with van der Waals surface area (Å²) < 4.78 is 1.08. The van der Waals surface area contributed by atoms with Crippen LogP contribution >= 0.6 is 15.9 Å². The van der Waals surface area contributed by atoms with Crippen LogP contribution in [0, 0.1) is 0 Å². The van der Waals surface area contributed by atoms with E-state index >= 15 is 0 Å². The Bertz CT molecular complexity index is 909. The van der Waals surface area contributed by atoms with Crippen molar-refractivity contribution >= 4 is 32.9 Å². The first-order valence-electron chi connectivity index (χ1n) is 9.01. The molecule has 0 N–H and O–H groups in total. The van der Waals surface area contributed by atoms with Gasteiger partial charge in [0.2, 0.25) is 0 Å². The molecule has 1 heterocycles. The molecule has 132 valence electrons. The quantitative estimate of drug-likeness (QED) is 0.580. The van der Waals surface area contributed by atoms with Crippen LogP contribution in [0.3, 0.4) is 0 Å². The Kier molecular flexibility index (Phi) is 5.32. The van der Waals surface area contributed by atoms with E-state index in [4.69, 9.17) is 0 Å². The highest BCUT2D eigenvalue weighted by Crippen LogP contribution is 2.20. The van der Waals surface area contributed by atoms with Crippen molar-refractivity contribution in [3.05, 3.63) is 82.3 Å². The van der Waals surface area contributed by atoms with E-state index in [-0.39, 0.29) is 0 Å². The lowest BCUT2D eigenvalue weighted by Crippen LogP contribution is -2.43. The van der Waals surface area contributed by atoms with Crippen LogP contribution in [-0.2, 0) is 6.54 Å². The molecule has 4 rings (SSSR count). The molecule has 0 saturated carbocycles. The summed E-state index contributed by atoms with van der Waals surface area (Å²) in [6.07, 6.45) is 1.95. The SMILES string of the molecule is Brc1cccc(C=NN2CCN(Cc3cccc4ccccc34)CC2)c1. The molecule has 0 bridgehead atoms. The highest BCUT2D eigenvalue weighted by Gasteiger charge is 2.16. The third-order valence-electron chi connectivity index (χ3n) is 4.84. The maximum Gasteiger partial charge on any atom is 0.0543 e. The summed E-state index contributed by atoms with van der Waals surface area (Å²) in [5, 5.41) is 9.50. The molecular formula is C22H22BrN3. The van der Waals surface area contributed by atoms with Gasteiger partial charge in [0.1, 0.15) is 0 Å². The second-order valence-electron chi connectivity index (χ2n) is 6.67. The van der Waals surface area contributed by atoms with Crippen molar-refractivity contribution < 1.29 is 0 Å². The highest BCUT2D eigenvalue weighted by atomic mass is 79.9. The second-order valence-corrected chi connectivity index (χ2v) is 7.58. The number of nitrogens with zero attached hydrogens (tertiary/aromatic N) is 3. The van der Waals surface area contributed by atoms with Gasteiger partial charge in [0.25, 0.3) is 0 Å². The van der Waals surface area contributed by atoms with Gasteiger partial charge in [0, 0.05) is 37.2 Å². The zero-order valence-electron chi connectivity index (χ0n) is 14.7. The molecule has 0 amide bonds. The minimum absolute atomic E-state index is 0.968. The molecule has 0 aliphatic carbocycles. The Morgan fingerprint density at radius 1 is 0.885 bits per heavy atom. The number of rotatable bonds is 4. The van der Waals surface area contributed by atoms with E-state index < -0.39 is 0 Å². The van der Waals surface area contributed by atoms with E-state index in [0.29, 0.717) is 0 Å². The highest BCUT2D eigenvalue weighted by molar-refractivity contribution is 9.10. The van der Waals surface area contributed by atoms with E-state index in [2.05, 4.69) is 85.5 Å². The first-order chi connectivity index (χ1) is 12.8. The van der Waals surface area contributed by atoms with Crippen molar-refractivity contribution in [3.63, 3.8) is 0 Å². The Labute approximate surface area is 163 Å². The number of hydrazone groups is 1. The van der Waals surface area contributed by atoms with Gasteiger partial charge in [-0.05, 0) is 34.0 Å². The number of hydrogen-bond donors (Lipinski definition) is 0. The van der Waals surface area contributed by atoms with Gasteiger partial charge in [-0.25, -0.2) is 0 Å². The van der Waals surface area contributed by atoms with Gasteiger partial charge >= 0.3 is 0 Å². The van der Waals surface area contributed by atoms with Crippen LogP contribution in [0.25, 0.3) is 10.8 Å². The van der Waals surface area contributed by atoms with Crippen molar-refractivity contribution in [1.29, 1.82) is 0 Å². The monoisotopic (exact) mass is 407 g/mol. The molecule has 1 aliphatic heterocycles. The third-order valence-corrected chi connectivity index (χ3v) is 5.33. The Hall–Kier alpha value is -2.17. The van der Waals surface area contributed by atoms with E-state index in [1.54, 1.807) is 0 Å². The van der Waals surface area contributed by atoms with Gasteiger partial charge in [-0.1, -0.05) is 70.5 Å². The van der Waals surface area contributed by atoms with Crippen LogP contribution in [0.5, 0.6) is 0 Å². The van der Waals surface area contributed by atoms with Crippen molar-refractivity contribution in [3.8, 4) is 0 Å². The fraction of sp³-hybridized carbons (Fsp3) is 0.227. The van der Waals surface area contributed by atoms with E-state index in [9.17, 15) is 0 Å². The fourth-order valence-electron chi connectivity index (χ4n) is 3.42. The first kappa shape index (κ1) is 17.3. The Morgan fingerprint density at radius 2 is 1.65 bits per heavy atom. The topological polar surface area (TPSA) is 18.8 Å². The smallest absolute Gasteiger partial charge is 0.0543 e. The molecule has 0 aromatic heterocycles. The standard InChI is InChI=1S/C22H22BrN3/c23-21-9-3-5-18(15-21)16-24-26-13-11-25(12-14-26)17-20-8-4-7-19-6-1-2-10-22(19)20/h1-10,15-16H,11-14,17H2. The van der Waals surface area contributed by atoms with E-state index in [1.165, 1.54) is 16.3 Å². The largest absolute Gasteiger partial charge is 0.295 e. The lowest BCUT2D eigenvalue weighted by molar-refractivity contribution is 0.131. The molecule has 3 nitrogen and oxygen atoms in total. The summed E-state index contributed by atoms with van der Waals surface area (Å²) in [7, 11) is 0. The second kappa shape index (κ2) is 8.02. The molecule has 3 aromatic carbocycles. The van der Waals surface area contributed by atoms with Crippen LogP contribution in [0.1, 0.15) is 11.1 Å². The van der Waals surface area contributed by atoms with Crippen molar-refractivity contribution in [2.45, 2.75) is 6.54 Å². The molecule has 3 aromatic rings. The van der Waals surface area contributed by atoms with Crippen molar-refractivity contribution in [2.24, 2.45) is 5.10 Å². The average Bonchev–Trinajstić information content (AvgIpc) is 2.68. The first-order valence-corrected chi connectivity index (χ1v) is 9.81. The minimum atomic E-state index is 0.968. The molecule has 4 heteroatoms. The fourth-order valence-corrected chi connectivity index (χ4v) is 3.83. The molecule has 1 saturated heterocycles. The Balaban J connectivity index is 1.36. The number of hydrogen-bond acceptors (Lipinski definition) is 3. The number of fused-ring (bicyclic) bond motifs is 1. The zero-order chi connectivity index (χ0) is 17.8. The molecule has 1 fully saturated rings. The average molecular weight is 408 g/mol. The van der Waals surface area contributed by atoms with Crippen molar-refractivity contribution in [1.82, 2.24) is 9.91 Å². The molecule has 0 atom stereocenters. The van der Waals surface area contributed by atoms with Crippen LogP contribution in [0.2, 0.25) is 0 Å². The lowest BCUT2D eigenvalue weighted by Gasteiger charge is -2.33. The summed E-state index contributed by atoms with van der Waals surface area (Å²) in [5.41, 5.74) is 2.53. The summed E-state index contributed by atoms with van der Waals surface area (Å²) in [4.78, 5) is 2.52. The van der Waals surface area contributed by atoms with Crippen LogP contribution in [0.15, 0.2) is 76.3 Å².